The Kier molecular flexibility index (Phi) is 2.52. The molecule has 1 spiro atoms. The van der Waals surface area contributed by atoms with E-state index in [9.17, 15) is 0 Å². The molecule has 2 nitrogen and oxygen atoms in total. The molecule has 4 aliphatic rings. The Morgan fingerprint density at radius 2 is 1.76 bits per heavy atom. The second kappa shape index (κ2) is 3.96. The molecule has 4 fully saturated rings. The molecule has 4 rings (SSSR count). The summed E-state index contributed by atoms with van der Waals surface area (Å²) in [6, 6.07) is 0.995. The Hall–Kier alpha value is -0.0800. The van der Waals surface area contributed by atoms with Gasteiger partial charge >= 0.3 is 0 Å². The van der Waals surface area contributed by atoms with Crippen molar-refractivity contribution in [2.75, 3.05) is 26.2 Å². The van der Waals surface area contributed by atoms with Crippen LogP contribution in [0.3, 0.4) is 0 Å². The van der Waals surface area contributed by atoms with E-state index in [2.05, 4.69) is 10.2 Å². The minimum Gasteiger partial charge on any atom is -0.317 e. The van der Waals surface area contributed by atoms with Crippen molar-refractivity contribution >= 4 is 0 Å². The lowest BCUT2D eigenvalue weighted by atomic mass is 9.92. The Balaban J connectivity index is 1.33. The van der Waals surface area contributed by atoms with Crippen LogP contribution < -0.4 is 5.32 Å². The summed E-state index contributed by atoms with van der Waals surface area (Å²) in [6.07, 6.45) is 10.5. The lowest BCUT2D eigenvalue weighted by molar-refractivity contribution is 0.214. The Morgan fingerprint density at radius 1 is 1.00 bits per heavy atom. The van der Waals surface area contributed by atoms with Gasteiger partial charge in [0.1, 0.15) is 0 Å². The number of nitrogens with one attached hydrogen (secondary N) is 1. The third kappa shape index (κ3) is 2.26. The van der Waals surface area contributed by atoms with Crippen molar-refractivity contribution in [3.05, 3.63) is 0 Å². The molecular formula is C15H26N2. The summed E-state index contributed by atoms with van der Waals surface area (Å²) < 4.78 is 0. The van der Waals surface area contributed by atoms with Crippen molar-refractivity contribution in [3.63, 3.8) is 0 Å². The molecule has 0 radical (unpaired) electrons. The van der Waals surface area contributed by atoms with Crippen LogP contribution in [0, 0.1) is 17.3 Å². The molecule has 0 bridgehead atoms. The summed E-state index contributed by atoms with van der Waals surface area (Å²) >= 11 is 0. The summed E-state index contributed by atoms with van der Waals surface area (Å²) in [5.74, 6) is 2.14. The molecule has 1 atom stereocenters. The van der Waals surface area contributed by atoms with E-state index in [-0.39, 0.29) is 0 Å². The fourth-order valence-corrected chi connectivity index (χ4v) is 3.95. The minimum atomic E-state index is 0.794. The number of hydrogen-bond donors (Lipinski definition) is 1. The first kappa shape index (κ1) is 10.8. The monoisotopic (exact) mass is 234 g/mol. The van der Waals surface area contributed by atoms with E-state index in [4.69, 9.17) is 0 Å². The van der Waals surface area contributed by atoms with Crippen LogP contribution in [0.1, 0.15) is 44.9 Å². The lowest BCUT2D eigenvalue weighted by Gasteiger charge is -2.27. The van der Waals surface area contributed by atoms with Gasteiger partial charge in [-0.05, 0) is 75.3 Å². The summed E-state index contributed by atoms with van der Waals surface area (Å²) in [6.45, 7) is 5.45. The van der Waals surface area contributed by atoms with E-state index in [1.165, 1.54) is 64.7 Å². The van der Waals surface area contributed by atoms with Crippen LogP contribution in [-0.4, -0.2) is 37.1 Å². The normalized spacial score (nSPS) is 35.5. The molecule has 1 aliphatic heterocycles. The predicted octanol–water partition coefficient (Wildman–Crippen LogP) is 2.25. The highest BCUT2D eigenvalue weighted by Crippen LogP contribution is 2.59. The average molecular weight is 234 g/mol. The topological polar surface area (TPSA) is 15.3 Å². The van der Waals surface area contributed by atoms with Crippen molar-refractivity contribution in [1.29, 1.82) is 0 Å². The van der Waals surface area contributed by atoms with Gasteiger partial charge in [0.25, 0.3) is 0 Å². The lowest BCUT2D eigenvalue weighted by Crippen LogP contribution is -2.34. The maximum absolute atomic E-state index is 3.52. The number of rotatable bonds is 5. The second-order valence-electron chi connectivity index (χ2n) is 7.14. The predicted molar refractivity (Wildman–Crippen MR) is 70.0 cm³/mol. The van der Waals surface area contributed by atoms with Crippen LogP contribution in [0.2, 0.25) is 0 Å². The summed E-state index contributed by atoms with van der Waals surface area (Å²) in [7, 11) is 0. The third-order valence-corrected chi connectivity index (χ3v) is 5.67. The largest absolute Gasteiger partial charge is 0.317 e. The first-order valence-electron chi connectivity index (χ1n) is 7.80. The number of nitrogens with zero attached hydrogens (tertiary/aromatic N) is 1. The molecule has 1 heterocycles. The van der Waals surface area contributed by atoms with E-state index >= 15 is 0 Å². The molecule has 0 aromatic heterocycles. The highest BCUT2D eigenvalue weighted by atomic mass is 15.2. The SMILES string of the molecule is C1CC2(CCN1)CC2CN(CC1CC1)C1CC1. The van der Waals surface area contributed by atoms with E-state index < -0.39 is 0 Å². The van der Waals surface area contributed by atoms with Crippen LogP contribution in [0.4, 0.5) is 0 Å². The molecule has 0 aromatic carbocycles. The van der Waals surface area contributed by atoms with Crippen LogP contribution in [0.25, 0.3) is 0 Å². The summed E-state index contributed by atoms with van der Waals surface area (Å²) in [5, 5.41) is 3.52. The van der Waals surface area contributed by atoms with Crippen molar-refractivity contribution in [2.45, 2.75) is 51.0 Å². The zero-order valence-corrected chi connectivity index (χ0v) is 11.0. The highest BCUT2D eigenvalue weighted by molar-refractivity contribution is 5.06. The van der Waals surface area contributed by atoms with Crippen LogP contribution in [0.15, 0.2) is 0 Å². The van der Waals surface area contributed by atoms with Gasteiger partial charge in [-0.3, -0.25) is 4.90 Å². The standard InChI is InChI=1S/C15H26N2/c1-2-12(1)10-17(14-3-4-14)11-13-9-15(13)5-7-16-8-6-15/h12-14,16H,1-11H2. The average Bonchev–Trinajstić information content (AvgIpc) is 3.19. The van der Waals surface area contributed by atoms with Gasteiger partial charge in [-0.25, -0.2) is 0 Å². The molecule has 2 heteroatoms. The minimum absolute atomic E-state index is 0.794. The first-order valence-corrected chi connectivity index (χ1v) is 7.80. The molecule has 3 aliphatic carbocycles. The molecule has 1 unspecified atom stereocenters. The smallest absolute Gasteiger partial charge is 0.00966 e. The second-order valence-corrected chi connectivity index (χ2v) is 7.14. The van der Waals surface area contributed by atoms with Gasteiger partial charge in [0.2, 0.25) is 0 Å². The maximum atomic E-state index is 3.52. The quantitative estimate of drug-likeness (QED) is 0.785. The van der Waals surface area contributed by atoms with Crippen LogP contribution in [-0.2, 0) is 0 Å². The van der Waals surface area contributed by atoms with Gasteiger partial charge in [-0.15, -0.1) is 0 Å². The van der Waals surface area contributed by atoms with Crippen LogP contribution in [0.5, 0.6) is 0 Å². The molecule has 96 valence electrons. The van der Waals surface area contributed by atoms with Gasteiger partial charge in [0, 0.05) is 19.1 Å². The molecule has 0 amide bonds. The van der Waals surface area contributed by atoms with Gasteiger partial charge in [0.15, 0.2) is 0 Å². The third-order valence-electron chi connectivity index (χ3n) is 5.67. The molecule has 3 saturated carbocycles. The molecular weight excluding hydrogens is 208 g/mol. The van der Waals surface area contributed by atoms with Crippen LogP contribution >= 0.6 is 0 Å². The Morgan fingerprint density at radius 3 is 2.41 bits per heavy atom. The zero-order chi connectivity index (χ0) is 11.3. The molecule has 1 saturated heterocycles. The number of hydrogen-bond acceptors (Lipinski definition) is 2. The van der Waals surface area contributed by atoms with Gasteiger partial charge in [-0.2, -0.15) is 0 Å². The van der Waals surface area contributed by atoms with Crippen molar-refractivity contribution < 1.29 is 0 Å². The van der Waals surface area contributed by atoms with Gasteiger partial charge < -0.3 is 5.32 Å². The van der Waals surface area contributed by atoms with E-state index in [0.717, 1.165) is 23.3 Å². The molecule has 0 aromatic rings. The fourth-order valence-electron chi connectivity index (χ4n) is 3.95. The summed E-state index contributed by atoms with van der Waals surface area (Å²) in [5.41, 5.74) is 0.794. The first-order chi connectivity index (χ1) is 8.36. The van der Waals surface area contributed by atoms with Gasteiger partial charge in [-0.1, -0.05) is 0 Å². The molecule has 1 N–H and O–H groups in total. The van der Waals surface area contributed by atoms with Crippen molar-refractivity contribution in [2.24, 2.45) is 17.3 Å². The van der Waals surface area contributed by atoms with Gasteiger partial charge in [0.05, 0.1) is 0 Å². The van der Waals surface area contributed by atoms with Crippen molar-refractivity contribution in [3.8, 4) is 0 Å². The zero-order valence-electron chi connectivity index (χ0n) is 11.0. The van der Waals surface area contributed by atoms with E-state index in [0.29, 0.717) is 0 Å². The van der Waals surface area contributed by atoms with E-state index in [1.54, 1.807) is 6.42 Å². The Bertz CT molecular complexity index is 287. The van der Waals surface area contributed by atoms with Crippen molar-refractivity contribution in [1.82, 2.24) is 10.2 Å². The highest BCUT2D eigenvalue weighted by Gasteiger charge is 2.54. The fraction of sp³-hybridized carbons (Fsp3) is 1.00. The maximum Gasteiger partial charge on any atom is 0.00966 e. The Labute approximate surface area is 105 Å². The van der Waals surface area contributed by atoms with E-state index in [1.807, 2.05) is 0 Å². The summed E-state index contributed by atoms with van der Waals surface area (Å²) in [4.78, 5) is 2.87. The molecule has 17 heavy (non-hydrogen) atoms. The number of piperidine rings is 1.